The van der Waals surface area contributed by atoms with Crippen molar-refractivity contribution in [3.05, 3.63) is 0 Å². The first-order valence-electron chi connectivity index (χ1n) is 10.0. The molecule has 0 aromatic heterocycles. The van der Waals surface area contributed by atoms with Crippen LogP contribution in [0.3, 0.4) is 0 Å². The second-order valence-electron chi connectivity index (χ2n) is 9.07. The quantitative estimate of drug-likeness (QED) is 0.448. The molecule has 27 heavy (non-hydrogen) atoms. The maximum atomic E-state index is 13.0. The normalized spacial score (nSPS) is 44.6. The number of oxime groups is 1. The molecule has 1 saturated heterocycles. The zero-order valence-electron chi connectivity index (χ0n) is 16.2. The van der Waals surface area contributed by atoms with Gasteiger partial charge in [0.1, 0.15) is 18.5 Å². The molecular formula is C20H31ClN2O4. The smallest absolute Gasteiger partial charge is 0.309 e. The zero-order valence-corrected chi connectivity index (χ0v) is 17.1. The summed E-state index contributed by atoms with van der Waals surface area (Å²) in [6, 6.07) is 0. The highest BCUT2D eigenvalue weighted by atomic mass is 35.5. The Kier molecular flexibility index (Phi) is 5.61. The molecule has 7 heteroatoms. The van der Waals surface area contributed by atoms with E-state index < -0.39 is 0 Å². The lowest BCUT2D eigenvalue weighted by atomic mass is 9.50. The van der Waals surface area contributed by atoms with Crippen LogP contribution in [0.4, 0.5) is 0 Å². The van der Waals surface area contributed by atoms with Crippen molar-refractivity contribution in [2.45, 2.75) is 64.9 Å². The molecule has 0 aromatic rings. The number of carbonyl (C=O) groups excluding carboxylic acids is 2. The molecule has 4 rings (SSSR count). The Hall–Kier alpha value is -1.14. The summed E-state index contributed by atoms with van der Waals surface area (Å²) in [4.78, 5) is 30.6. The van der Waals surface area contributed by atoms with Crippen LogP contribution in [0.25, 0.3) is 0 Å². The standard InChI is InChI=1S/C20H30N2O4.ClH/c1-19-8-6-14-17(13(19)3-4-15(19)23)18(24)26-16-11-12(22-25-10-9-21)5-7-20(14,16)2;/h13-14,16-17H,3-11,21H2,1-2H3;1H/t13-,14-,16+,17-,19-,20+;/m0./s1. The summed E-state index contributed by atoms with van der Waals surface area (Å²) in [6.07, 6.45) is 5.66. The Labute approximate surface area is 167 Å². The van der Waals surface area contributed by atoms with E-state index >= 15 is 0 Å². The van der Waals surface area contributed by atoms with Crippen molar-refractivity contribution in [3.8, 4) is 0 Å². The number of halogens is 1. The highest BCUT2D eigenvalue weighted by molar-refractivity contribution is 5.89. The molecule has 1 aliphatic heterocycles. The maximum absolute atomic E-state index is 13.0. The van der Waals surface area contributed by atoms with E-state index in [4.69, 9.17) is 15.3 Å². The summed E-state index contributed by atoms with van der Waals surface area (Å²) in [5, 5.41) is 4.20. The number of fused-ring (bicyclic) bond motifs is 5. The van der Waals surface area contributed by atoms with Crippen molar-refractivity contribution in [2.24, 2.45) is 39.5 Å². The van der Waals surface area contributed by atoms with Crippen LogP contribution in [0.5, 0.6) is 0 Å². The van der Waals surface area contributed by atoms with Crippen LogP contribution >= 0.6 is 12.4 Å². The third kappa shape index (κ3) is 3.09. The first-order valence-corrected chi connectivity index (χ1v) is 10.0. The fraction of sp³-hybridized carbons (Fsp3) is 0.850. The van der Waals surface area contributed by atoms with Crippen LogP contribution in [-0.2, 0) is 19.2 Å². The van der Waals surface area contributed by atoms with Gasteiger partial charge in [-0.05, 0) is 43.9 Å². The number of esters is 1. The van der Waals surface area contributed by atoms with Crippen molar-refractivity contribution < 1.29 is 19.2 Å². The third-order valence-electron chi connectivity index (χ3n) is 7.87. The largest absolute Gasteiger partial charge is 0.461 e. The van der Waals surface area contributed by atoms with Gasteiger partial charge < -0.3 is 15.3 Å². The van der Waals surface area contributed by atoms with E-state index in [1.807, 2.05) is 0 Å². The SMILES string of the molecule is C[C@]12CCC(=NOCCN)C[C@H]1OC(=O)[C@@H]1[C@@H]2CC[C@]2(C)C(=O)CC[C@@H]12.Cl. The van der Waals surface area contributed by atoms with Crippen LogP contribution < -0.4 is 5.73 Å². The molecule has 0 amide bonds. The topological polar surface area (TPSA) is 91.0 Å². The van der Waals surface area contributed by atoms with Gasteiger partial charge in [-0.1, -0.05) is 19.0 Å². The van der Waals surface area contributed by atoms with Gasteiger partial charge in [0, 0.05) is 30.2 Å². The van der Waals surface area contributed by atoms with Gasteiger partial charge in [-0.2, -0.15) is 0 Å². The molecule has 0 spiro atoms. The fourth-order valence-electron chi connectivity index (χ4n) is 6.20. The first-order chi connectivity index (χ1) is 12.4. The molecule has 2 N–H and O–H groups in total. The van der Waals surface area contributed by atoms with Crippen LogP contribution in [-0.4, -0.2) is 36.7 Å². The fourth-order valence-corrected chi connectivity index (χ4v) is 6.20. The van der Waals surface area contributed by atoms with Gasteiger partial charge in [0.2, 0.25) is 0 Å². The van der Waals surface area contributed by atoms with Gasteiger partial charge in [0.25, 0.3) is 0 Å². The summed E-state index contributed by atoms with van der Waals surface area (Å²) >= 11 is 0. The van der Waals surface area contributed by atoms with Crippen molar-refractivity contribution in [2.75, 3.05) is 13.2 Å². The minimum absolute atomic E-state index is 0. The first kappa shape index (κ1) is 20.6. The lowest BCUT2D eigenvalue weighted by molar-refractivity contribution is -0.202. The number of ketones is 1. The molecule has 1 heterocycles. The Bertz CT molecular complexity index is 654. The molecule has 3 aliphatic carbocycles. The average molecular weight is 399 g/mol. The molecule has 6 atom stereocenters. The summed E-state index contributed by atoms with van der Waals surface area (Å²) in [5.41, 5.74) is 6.05. The molecule has 4 fully saturated rings. The lowest BCUT2D eigenvalue weighted by Crippen LogP contribution is -2.60. The molecule has 152 valence electrons. The highest BCUT2D eigenvalue weighted by Crippen LogP contribution is 2.62. The lowest BCUT2D eigenvalue weighted by Gasteiger charge is -2.57. The monoisotopic (exact) mass is 398 g/mol. The minimum Gasteiger partial charge on any atom is -0.461 e. The molecular weight excluding hydrogens is 368 g/mol. The number of ether oxygens (including phenoxy) is 1. The van der Waals surface area contributed by atoms with E-state index in [-0.39, 0.29) is 47.1 Å². The van der Waals surface area contributed by atoms with E-state index in [0.29, 0.717) is 37.7 Å². The Morgan fingerprint density at radius 1 is 1.19 bits per heavy atom. The van der Waals surface area contributed by atoms with E-state index in [1.165, 1.54) is 0 Å². The molecule has 0 bridgehead atoms. The van der Waals surface area contributed by atoms with Gasteiger partial charge in [-0.3, -0.25) is 9.59 Å². The zero-order chi connectivity index (χ0) is 18.5. The predicted molar refractivity (Wildman–Crippen MR) is 104 cm³/mol. The summed E-state index contributed by atoms with van der Waals surface area (Å²) < 4.78 is 5.98. The molecule has 0 radical (unpaired) electrons. The Morgan fingerprint density at radius 3 is 2.70 bits per heavy atom. The number of hydrogen-bond acceptors (Lipinski definition) is 6. The van der Waals surface area contributed by atoms with Crippen LogP contribution in [0.1, 0.15) is 58.8 Å². The second-order valence-corrected chi connectivity index (χ2v) is 9.07. The minimum atomic E-state index is -0.319. The van der Waals surface area contributed by atoms with Gasteiger partial charge in [0.15, 0.2) is 0 Å². The van der Waals surface area contributed by atoms with Crippen LogP contribution in [0, 0.1) is 28.6 Å². The number of Topliss-reactive ketones (excluding diaryl/α,β-unsaturated/α-hetero) is 1. The van der Waals surface area contributed by atoms with Crippen LogP contribution in [0.2, 0.25) is 0 Å². The van der Waals surface area contributed by atoms with Gasteiger partial charge in [-0.15, -0.1) is 12.4 Å². The van der Waals surface area contributed by atoms with E-state index in [2.05, 4.69) is 19.0 Å². The van der Waals surface area contributed by atoms with Crippen molar-refractivity contribution in [1.82, 2.24) is 0 Å². The number of nitrogens with zero attached hydrogens (tertiary/aromatic N) is 1. The summed E-state index contributed by atoms with van der Waals surface area (Å²) in [5.74, 6) is 0.600. The molecule has 0 aromatic carbocycles. The third-order valence-corrected chi connectivity index (χ3v) is 7.87. The second kappa shape index (κ2) is 7.36. The summed E-state index contributed by atoms with van der Waals surface area (Å²) in [6.45, 7) is 5.20. The maximum Gasteiger partial charge on any atom is 0.309 e. The van der Waals surface area contributed by atoms with Crippen molar-refractivity contribution in [1.29, 1.82) is 0 Å². The Balaban J connectivity index is 0.00000210. The summed E-state index contributed by atoms with van der Waals surface area (Å²) in [7, 11) is 0. The average Bonchev–Trinajstić information content (AvgIpc) is 2.92. The van der Waals surface area contributed by atoms with E-state index in [9.17, 15) is 9.59 Å². The molecule has 0 unspecified atom stereocenters. The van der Waals surface area contributed by atoms with Crippen LogP contribution in [0.15, 0.2) is 5.16 Å². The number of hydrogen-bond donors (Lipinski definition) is 1. The Morgan fingerprint density at radius 2 is 1.96 bits per heavy atom. The van der Waals surface area contributed by atoms with Crippen molar-refractivity contribution >= 4 is 29.9 Å². The van der Waals surface area contributed by atoms with E-state index in [0.717, 1.165) is 37.8 Å². The molecule has 3 saturated carbocycles. The van der Waals surface area contributed by atoms with Gasteiger partial charge in [0.05, 0.1) is 11.6 Å². The van der Waals surface area contributed by atoms with Crippen molar-refractivity contribution in [3.63, 3.8) is 0 Å². The number of rotatable bonds is 3. The van der Waals surface area contributed by atoms with E-state index in [1.54, 1.807) is 0 Å². The number of nitrogens with two attached hydrogens (primary N) is 1. The molecule has 6 nitrogen and oxygen atoms in total. The van der Waals surface area contributed by atoms with Gasteiger partial charge in [-0.25, -0.2) is 0 Å². The number of carbonyl (C=O) groups is 2. The molecule has 4 aliphatic rings. The highest BCUT2D eigenvalue weighted by Gasteiger charge is 2.64. The predicted octanol–water partition coefficient (Wildman–Crippen LogP) is 2.87. The van der Waals surface area contributed by atoms with Gasteiger partial charge >= 0.3 is 5.97 Å².